The van der Waals surface area contributed by atoms with Crippen molar-refractivity contribution in [3.05, 3.63) is 29.8 Å². The van der Waals surface area contributed by atoms with Crippen molar-refractivity contribution in [2.45, 2.75) is 45.3 Å². The predicted octanol–water partition coefficient (Wildman–Crippen LogP) is 2.32. The Morgan fingerprint density at radius 3 is 2.43 bits per heavy atom. The van der Waals surface area contributed by atoms with Gasteiger partial charge in [-0.3, -0.25) is 4.79 Å². The van der Waals surface area contributed by atoms with E-state index in [0.29, 0.717) is 6.61 Å². The van der Waals surface area contributed by atoms with Crippen LogP contribution in [0.15, 0.2) is 24.3 Å². The lowest BCUT2D eigenvalue weighted by atomic mass is 9.87. The lowest BCUT2D eigenvalue weighted by Gasteiger charge is -2.32. The van der Waals surface area contributed by atoms with Crippen LogP contribution in [0.2, 0.25) is 0 Å². The topological polar surface area (TPSA) is 41.6 Å². The number of nitrogens with zero attached hydrogens (tertiary/aromatic N) is 1. The molecule has 0 spiro atoms. The summed E-state index contributed by atoms with van der Waals surface area (Å²) in [5.41, 5.74) is 2.29. The molecule has 1 saturated heterocycles. The average Bonchev–Trinajstić information content (AvgIpc) is 2.45. The van der Waals surface area contributed by atoms with Gasteiger partial charge in [-0.05, 0) is 30.0 Å². The Morgan fingerprint density at radius 2 is 1.90 bits per heavy atom. The van der Waals surface area contributed by atoms with Crippen molar-refractivity contribution in [2.75, 3.05) is 25.1 Å². The van der Waals surface area contributed by atoms with Crippen LogP contribution in [0.5, 0.6) is 0 Å². The molecule has 2 rings (SSSR count). The minimum absolute atomic E-state index is 0.0470. The van der Waals surface area contributed by atoms with Crippen LogP contribution in [0.25, 0.3) is 0 Å². The van der Waals surface area contributed by atoms with Crippen LogP contribution in [0.1, 0.15) is 33.3 Å². The minimum Gasteiger partial charge on any atom is -0.375 e. The Balaban J connectivity index is 2.12. The summed E-state index contributed by atoms with van der Waals surface area (Å²) in [7, 11) is 1.82. The third-order valence-electron chi connectivity index (χ3n) is 4.03. The fraction of sp³-hybridized carbons (Fsp3) is 0.588. The second-order valence-corrected chi connectivity index (χ2v) is 6.70. The van der Waals surface area contributed by atoms with E-state index in [1.807, 2.05) is 26.1 Å². The lowest BCUT2D eigenvalue weighted by Crippen LogP contribution is -2.55. The van der Waals surface area contributed by atoms with Crippen LogP contribution in [-0.4, -0.2) is 38.3 Å². The van der Waals surface area contributed by atoms with E-state index in [1.165, 1.54) is 5.56 Å². The molecular weight excluding hydrogens is 264 g/mol. The molecule has 0 saturated carbocycles. The van der Waals surface area contributed by atoms with Gasteiger partial charge in [0.25, 0.3) is 0 Å². The van der Waals surface area contributed by atoms with Crippen molar-refractivity contribution < 1.29 is 9.53 Å². The van der Waals surface area contributed by atoms with Crippen molar-refractivity contribution in [1.82, 2.24) is 5.32 Å². The highest BCUT2D eigenvalue weighted by Gasteiger charge is 2.31. The summed E-state index contributed by atoms with van der Waals surface area (Å²) in [6.45, 7) is 9.86. The van der Waals surface area contributed by atoms with Crippen molar-refractivity contribution in [3.8, 4) is 0 Å². The summed E-state index contributed by atoms with van der Waals surface area (Å²) < 4.78 is 5.55. The molecule has 0 unspecified atom stereocenters. The molecule has 1 amide bonds. The number of morpholine rings is 1. The van der Waals surface area contributed by atoms with Gasteiger partial charge in [-0.1, -0.05) is 32.9 Å². The van der Waals surface area contributed by atoms with E-state index < -0.39 is 0 Å². The number of carbonyl (C=O) groups excluding carboxylic acids is 1. The Bertz CT molecular complexity index is 491. The quantitative estimate of drug-likeness (QED) is 0.909. The Hall–Kier alpha value is -1.39. The minimum atomic E-state index is -0.272. The maximum absolute atomic E-state index is 12.6. The van der Waals surface area contributed by atoms with Crippen molar-refractivity contribution in [3.63, 3.8) is 0 Å². The summed E-state index contributed by atoms with van der Waals surface area (Å²) in [5, 5.41) is 3.24. The standard InChI is InChI=1S/C17H26N2O2/c1-12-15(18-10-11-21-12)16(20)19(5)14-8-6-13(7-9-14)17(2,3)4/h6-9,12,15,18H,10-11H2,1-5H3/t12-,15+/m1/s1. The van der Waals surface area contributed by atoms with Gasteiger partial charge < -0.3 is 15.0 Å². The molecule has 1 N–H and O–H groups in total. The Labute approximate surface area is 127 Å². The number of anilines is 1. The zero-order valence-corrected chi connectivity index (χ0v) is 13.6. The van der Waals surface area contributed by atoms with Gasteiger partial charge in [0.2, 0.25) is 5.91 Å². The lowest BCUT2D eigenvalue weighted by molar-refractivity contribution is -0.126. The molecule has 1 fully saturated rings. The first-order valence-electron chi connectivity index (χ1n) is 7.54. The van der Waals surface area contributed by atoms with Crippen molar-refractivity contribution >= 4 is 11.6 Å². The van der Waals surface area contributed by atoms with Crippen molar-refractivity contribution in [1.29, 1.82) is 0 Å². The number of nitrogens with one attached hydrogen (secondary N) is 1. The van der Waals surface area contributed by atoms with Crippen LogP contribution in [0, 0.1) is 0 Å². The molecule has 4 nitrogen and oxygen atoms in total. The molecular formula is C17H26N2O2. The fourth-order valence-corrected chi connectivity index (χ4v) is 2.53. The zero-order chi connectivity index (χ0) is 15.6. The molecule has 116 valence electrons. The van der Waals surface area contributed by atoms with Crippen molar-refractivity contribution in [2.24, 2.45) is 0 Å². The van der Waals surface area contributed by atoms with E-state index in [9.17, 15) is 4.79 Å². The second kappa shape index (κ2) is 6.16. The summed E-state index contributed by atoms with van der Waals surface area (Å²) in [4.78, 5) is 14.3. The second-order valence-electron chi connectivity index (χ2n) is 6.70. The number of likely N-dealkylation sites (N-methyl/N-ethyl adjacent to an activating group) is 1. The normalized spacial score (nSPS) is 22.9. The third-order valence-corrected chi connectivity index (χ3v) is 4.03. The molecule has 4 heteroatoms. The molecule has 1 heterocycles. The molecule has 1 aromatic rings. The van der Waals surface area contributed by atoms with E-state index >= 15 is 0 Å². The number of amides is 1. The van der Waals surface area contributed by atoms with E-state index in [0.717, 1.165) is 12.2 Å². The van der Waals surface area contributed by atoms with Gasteiger partial charge in [-0.15, -0.1) is 0 Å². The van der Waals surface area contributed by atoms with E-state index in [1.54, 1.807) is 4.90 Å². The maximum Gasteiger partial charge on any atom is 0.246 e. The predicted molar refractivity (Wildman–Crippen MR) is 85.8 cm³/mol. The molecule has 0 bridgehead atoms. The summed E-state index contributed by atoms with van der Waals surface area (Å²) >= 11 is 0. The summed E-state index contributed by atoms with van der Waals surface area (Å²) in [5.74, 6) is 0.0470. The fourth-order valence-electron chi connectivity index (χ4n) is 2.53. The third kappa shape index (κ3) is 3.63. The van der Waals surface area contributed by atoms with Gasteiger partial charge in [0.1, 0.15) is 6.04 Å². The van der Waals surface area contributed by atoms with Crippen LogP contribution in [0.3, 0.4) is 0 Å². The Morgan fingerprint density at radius 1 is 1.29 bits per heavy atom. The molecule has 1 aliphatic heterocycles. The highest BCUT2D eigenvalue weighted by atomic mass is 16.5. The Kier molecular flexibility index (Phi) is 4.69. The first kappa shape index (κ1) is 16.0. The number of carbonyl (C=O) groups is 1. The first-order chi connectivity index (χ1) is 9.80. The molecule has 2 atom stereocenters. The zero-order valence-electron chi connectivity index (χ0n) is 13.6. The van der Waals surface area contributed by atoms with E-state index in [2.05, 4.69) is 38.2 Å². The van der Waals surface area contributed by atoms with E-state index in [4.69, 9.17) is 4.74 Å². The highest BCUT2D eigenvalue weighted by molar-refractivity contribution is 5.97. The number of ether oxygens (including phenoxy) is 1. The van der Waals surface area contributed by atoms with Crippen LogP contribution < -0.4 is 10.2 Å². The number of rotatable bonds is 2. The summed E-state index contributed by atoms with van der Waals surface area (Å²) in [6, 6.07) is 7.92. The molecule has 1 aliphatic rings. The average molecular weight is 290 g/mol. The first-order valence-corrected chi connectivity index (χ1v) is 7.54. The number of hydrogen-bond donors (Lipinski definition) is 1. The van der Waals surface area contributed by atoms with Crippen LogP contribution >= 0.6 is 0 Å². The molecule has 0 aliphatic carbocycles. The summed E-state index contributed by atoms with van der Waals surface area (Å²) in [6.07, 6.45) is -0.0949. The van der Waals surface area contributed by atoms with Gasteiger partial charge in [0.15, 0.2) is 0 Å². The number of hydrogen-bond acceptors (Lipinski definition) is 3. The van der Waals surface area contributed by atoms with Gasteiger partial charge >= 0.3 is 0 Å². The number of benzene rings is 1. The molecule has 0 aromatic heterocycles. The molecule has 1 aromatic carbocycles. The largest absolute Gasteiger partial charge is 0.375 e. The van der Waals surface area contributed by atoms with Gasteiger partial charge in [0, 0.05) is 19.3 Å². The highest BCUT2D eigenvalue weighted by Crippen LogP contribution is 2.25. The van der Waals surface area contributed by atoms with Gasteiger partial charge in [0.05, 0.1) is 12.7 Å². The van der Waals surface area contributed by atoms with Gasteiger partial charge in [-0.2, -0.15) is 0 Å². The molecule has 21 heavy (non-hydrogen) atoms. The van der Waals surface area contributed by atoms with Crippen LogP contribution in [-0.2, 0) is 14.9 Å². The molecule has 0 radical (unpaired) electrons. The van der Waals surface area contributed by atoms with Crippen LogP contribution in [0.4, 0.5) is 5.69 Å². The SMILES string of the molecule is C[C@H]1OCCN[C@@H]1C(=O)N(C)c1ccc(C(C)(C)C)cc1. The monoisotopic (exact) mass is 290 g/mol. The smallest absolute Gasteiger partial charge is 0.246 e. The van der Waals surface area contributed by atoms with E-state index in [-0.39, 0.29) is 23.5 Å². The maximum atomic E-state index is 12.6. The van der Waals surface area contributed by atoms with Gasteiger partial charge in [-0.25, -0.2) is 0 Å².